The Morgan fingerprint density at radius 2 is 1.87 bits per heavy atom. The first-order chi connectivity index (χ1) is 11.3. The van der Waals surface area contributed by atoms with Gasteiger partial charge in [0.25, 0.3) is 0 Å². The van der Waals surface area contributed by atoms with Gasteiger partial charge in [-0.05, 0) is 50.9 Å². The number of H-pyrrole nitrogens is 1. The van der Waals surface area contributed by atoms with Crippen molar-refractivity contribution >= 4 is 10.9 Å². The molecule has 1 aromatic heterocycles. The summed E-state index contributed by atoms with van der Waals surface area (Å²) in [4.78, 5) is 6.10. The fourth-order valence-electron chi connectivity index (χ4n) is 3.95. The molecule has 124 valence electrons. The SMILES string of the molecule is CN1CCc2c([nH]c3ccccc23)CCC(C2OCCO2)CC1. The number of likely N-dealkylation sites (N-methyl/N-ethyl adjacent to an activating group) is 1. The van der Waals surface area contributed by atoms with Crippen LogP contribution in [-0.4, -0.2) is 49.5 Å². The van der Waals surface area contributed by atoms with E-state index in [1.165, 1.54) is 22.2 Å². The molecule has 23 heavy (non-hydrogen) atoms. The van der Waals surface area contributed by atoms with Crippen LogP contribution in [-0.2, 0) is 22.3 Å². The van der Waals surface area contributed by atoms with Gasteiger partial charge in [-0.3, -0.25) is 0 Å². The Morgan fingerprint density at radius 3 is 2.74 bits per heavy atom. The molecule has 2 aromatic rings. The minimum atomic E-state index is -0.00402. The first kappa shape index (κ1) is 15.2. The van der Waals surface area contributed by atoms with Crippen LogP contribution in [0.2, 0.25) is 0 Å². The van der Waals surface area contributed by atoms with E-state index in [0.29, 0.717) is 5.92 Å². The molecule has 0 bridgehead atoms. The van der Waals surface area contributed by atoms with E-state index in [4.69, 9.17) is 9.47 Å². The molecule has 2 aliphatic rings. The van der Waals surface area contributed by atoms with Gasteiger partial charge >= 0.3 is 0 Å². The fourth-order valence-corrected chi connectivity index (χ4v) is 3.95. The van der Waals surface area contributed by atoms with E-state index in [0.717, 1.165) is 52.0 Å². The molecular weight excluding hydrogens is 288 g/mol. The van der Waals surface area contributed by atoms with Crippen molar-refractivity contribution in [2.24, 2.45) is 5.92 Å². The number of hydrogen-bond acceptors (Lipinski definition) is 3. The largest absolute Gasteiger partial charge is 0.358 e. The van der Waals surface area contributed by atoms with Gasteiger partial charge < -0.3 is 19.4 Å². The number of nitrogens with zero attached hydrogens (tertiary/aromatic N) is 1. The number of hydrogen-bond donors (Lipinski definition) is 1. The third-order valence-corrected chi connectivity index (χ3v) is 5.32. The van der Waals surface area contributed by atoms with Crippen molar-refractivity contribution in [2.75, 3.05) is 33.4 Å². The van der Waals surface area contributed by atoms with Gasteiger partial charge in [-0.25, -0.2) is 0 Å². The highest BCUT2D eigenvalue weighted by Gasteiger charge is 2.28. The van der Waals surface area contributed by atoms with E-state index in [2.05, 4.69) is 41.2 Å². The van der Waals surface area contributed by atoms with Crippen molar-refractivity contribution in [3.8, 4) is 0 Å². The third kappa shape index (κ3) is 3.16. The number of rotatable bonds is 1. The number of fused-ring (bicyclic) bond motifs is 3. The molecule has 0 spiro atoms. The molecule has 4 rings (SSSR count). The molecule has 1 fully saturated rings. The second kappa shape index (κ2) is 6.63. The molecule has 1 N–H and O–H groups in total. The Labute approximate surface area is 137 Å². The van der Waals surface area contributed by atoms with Gasteiger partial charge in [0.05, 0.1) is 13.2 Å². The van der Waals surface area contributed by atoms with Gasteiger partial charge in [0.2, 0.25) is 0 Å². The van der Waals surface area contributed by atoms with Crippen LogP contribution in [0, 0.1) is 5.92 Å². The summed E-state index contributed by atoms with van der Waals surface area (Å²) in [6.07, 6.45) is 4.48. The van der Waals surface area contributed by atoms with Gasteiger partial charge in [0.15, 0.2) is 6.29 Å². The number of aromatic amines is 1. The van der Waals surface area contributed by atoms with E-state index in [1.807, 2.05) is 0 Å². The molecule has 0 saturated carbocycles. The Bertz CT molecular complexity index is 660. The quantitative estimate of drug-likeness (QED) is 0.879. The Hall–Kier alpha value is -1.36. The van der Waals surface area contributed by atoms with Crippen LogP contribution in [0.1, 0.15) is 24.1 Å². The third-order valence-electron chi connectivity index (χ3n) is 5.32. The Balaban J connectivity index is 1.62. The van der Waals surface area contributed by atoms with E-state index in [1.54, 1.807) is 0 Å². The van der Waals surface area contributed by atoms with Crippen molar-refractivity contribution in [1.29, 1.82) is 0 Å². The molecule has 4 heteroatoms. The summed E-state index contributed by atoms with van der Waals surface area (Å²) in [5.74, 6) is 0.484. The minimum absolute atomic E-state index is 0.00402. The Morgan fingerprint density at radius 1 is 1.04 bits per heavy atom. The summed E-state index contributed by atoms with van der Waals surface area (Å²) in [6, 6.07) is 8.69. The number of benzene rings is 1. The maximum Gasteiger partial charge on any atom is 0.160 e. The highest BCUT2D eigenvalue weighted by atomic mass is 16.7. The lowest BCUT2D eigenvalue weighted by molar-refractivity contribution is -0.0888. The summed E-state index contributed by atoms with van der Waals surface area (Å²) in [5, 5.41) is 1.39. The van der Waals surface area contributed by atoms with Gasteiger partial charge in [-0.2, -0.15) is 0 Å². The molecule has 0 amide bonds. The molecule has 1 aromatic carbocycles. The fraction of sp³-hybridized carbons (Fsp3) is 0.579. The maximum atomic E-state index is 5.79. The highest BCUT2D eigenvalue weighted by Crippen LogP contribution is 2.29. The zero-order chi connectivity index (χ0) is 15.6. The second-order valence-electron chi connectivity index (χ2n) is 6.88. The van der Waals surface area contributed by atoms with E-state index in [-0.39, 0.29) is 6.29 Å². The van der Waals surface area contributed by atoms with Crippen molar-refractivity contribution in [2.45, 2.75) is 32.0 Å². The number of nitrogens with one attached hydrogen (secondary N) is 1. The van der Waals surface area contributed by atoms with Gasteiger partial charge in [-0.15, -0.1) is 0 Å². The predicted molar refractivity (Wildman–Crippen MR) is 91.6 cm³/mol. The lowest BCUT2D eigenvalue weighted by Gasteiger charge is -2.26. The summed E-state index contributed by atoms with van der Waals surface area (Å²) < 4.78 is 11.6. The summed E-state index contributed by atoms with van der Waals surface area (Å²) in [5.41, 5.74) is 4.18. The molecule has 0 aliphatic carbocycles. The number of ether oxygens (including phenoxy) is 2. The average molecular weight is 314 g/mol. The van der Waals surface area contributed by atoms with E-state index >= 15 is 0 Å². The monoisotopic (exact) mass is 314 g/mol. The van der Waals surface area contributed by atoms with Crippen LogP contribution in [0.3, 0.4) is 0 Å². The number of aromatic nitrogens is 1. The lowest BCUT2D eigenvalue weighted by atomic mass is 9.94. The zero-order valence-electron chi connectivity index (χ0n) is 13.9. The van der Waals surface area contributed by atoms with Crippen LogP contribution >= 0.6 is 0 Å². The molecule has 1 atom stereocenters. The predicted octanol–water partition coefficient (Wildman–Crippen LogP) is 2.97. The zero-order valence-corrected chi connectivity index (χ0v) is 13.9. The summed E-state index contributed by atoms with van der Waals surface area (Å²) in [7, 11) is 2.23. The van der Waals surface area contributed by atoms with Gasteiger partial charge in [0, 0.05) is 29.1 Å². The average Bonchev–Trinajstić information content (AvgIpc) is 3.20. The first-order valence-corrected chi connectivity index (χ1v) is 8.81. The standard InChI is InChI=1S/C19H26N2O2/c1-21-10-8-14(19-22-12-13-23-19)6-7-18-16(9-11-21)15-4-2-3-5-17(15)20-18/h2-5,14,19-20H,6-13H2,1H3. The topological polar surface area (TPSA) is 37.5 Å². The molecular formula is C19H26N2O2. The van der Waals surface area contributed by atoms with Crippen LogP contribution in [0.5, 0.6) is 0 Å². The first-order valence-electron chi connectivity index (χ1n) is 8.81. The van der Waals surface area contributed by atoms with Crippen molar-refractivity contribution < 1.29 is 9.47 Å². The Kier molecular flexibility index (Phi) is 4.38. The summed E-state index contributed by atoms with van der Waals surface area (Å²) >= 11 is 0. The van der Waals surface area contributed by atoms with Crippen LogP contribution in [0.25, 0.3) is 10.9 Å². The maximum absolute atomic E-state index is 5.79. The number of aryl methyl sites for hydroxylation is 1. The number of para-hydroxylation sites is 1. The lowest BCUT2D eigenvalue weighted by Crippen LogP contribution is -2.30. The van der Waals surface area contributed by atoms with Crippen molar-refractivity contribution in [3.63, 3.8) is 0 Å². The van der Waals surface area contributed by atoms with E-state index in [9.17, 15) is 0 Å². The van der Waals surface area contributed by atoms with Crippen LogP contribution < -0.4 is 0 Å². The normalized spacial score (nSPS) is 24.8. The molecule has 2 aliphatic heterocycles. The molecule has 0 radical (unpaired) electrons. The second-order valence-corrected chi connectivity index (χ2v) is 6.88. The van der Waals surface area contributed by atoms with E-state index < -0.39 is 0 Å². The van der Waals surface area contributed by atoms with Gasteiger partial charge in [0.1, 0.15) is 0 Å². The smallest absolute Gasteiger partial charge is 0.160 e. The molecule has 3 heterocycles. The molecule has 1 unspecified atom stereocenters. The highest BCUT2D eigenvalue weighted by molar-refractivity contribution is 5.84. The van der Waals surface area contributed by atoms with Crippen LogP contribution in [0.4, 0.5) is 0 Å². The van der Waals surface area contributed by atoms with Gasteiger partial charge in [-0.1, -0.05) is 18.2 Å². The summed E-state index contributed by atoms with van der Waals surface area (Å²) in [6.45, 7) is 3.71. The van der Waals surface area contributed by atoms with Crippen molar-refractivity contribution in [1.82, 2.24) is 9.88 Å². The van der Waals surface area contributed by atoms with Crippen molar-refractivity contribution in [3.05, 3.63) is 35.5 Å². The molecule has 1 saturated heterocycles. The minimum Gasteiger partial charge on any atom is -0.358 e. The molecule has 4 nitrogen and oxygen atoms in total. The van der Waals surface area contributed by atoms with Crippen LogP contribution in [0.15, 0.2) is 24.3 Å².